The van der Waals surface area contributed by atoms with Gasteiger partial charge in [0.1, 0.15) is 23.9 Å². The molecule has 0 saturated heterocycles. The number of rotatable bonds is 16. The van der Waals surface area contributed by atoms with Crippen molar-refractivity contribution in [1.29, 1.82) is 0 Å². The molecule has 3 atom stereocenters. The third kappa shape index (κ3) is 9.16. The van der Waals surface area contributed by atoms with Crippen LogP contribution in [0.5, 0.6) is 5.75 Å². The number of furan rings is 1. The van der Waals surface area contributed by atoms with Crippen LogP contribution in [0.25, 0.3) is 10.8 Å². The third-order valence-corrected chi connectivity index (χ3v) is 8.77. The van der Waals surface area contributed by atoms with Crippen LogP contribution in [0.2, 0.25) is 0 Å². The van der Waals surface area contributed by atoms with Crippen molar-refractivity contribution in [2.75, 3.05) is 7.11 Å². The minimum absolute atomic E-state index is 0.148. The summed E-state index contributed by atoms with van der Waals surface area (Å²) in [5.74, 6) is -3.47. The van der Waals surface area contributed by atoms with Gasteiger partial charge < -0.3 is 29.0 Å². The van der Waals surface area contributed by atoms with Crippen LogP contribution < -0.4 is 4.74 Å². The average molecular weight is 678 g/mol. The molecular formula is C40H39NO9. The molecule has 1 aromatic heterocycles. The van der Waals surface area contributed by atoms with Crippen LogP contribution in [0, 0.1) is 5.92 Å². The number of aliphatic carboxylic acids is 2. The molecule has 50 heavy (non-hydrogen) atoms. The second-order valence-corrected chi connectivity index (χ2v) is 12.2. The Labute approximate surface area is 289 Å². The van der Waals surface area contributed by atoms with Gasteiger partial charge in [-0.2, -0.15) is 0 Å². The Morgan fingerprint density at radius 3 is 2.14 bits per heavy atom. The Kier molecular flexibility index (Phi) is 11.7. The summed E-state index contributed by atoms with van der Waals surface area (Å²) in [6.45, 7) is 2.24. The first-order chi connectivity index (χ1) is 24.1. The van der Waals surface area contributed by atoms with E-state index >= 15 is 0 Å². The molecule has 0 spiro atoms. The van der Waals surface area contributed by atoms with Crippen molar-refractivity contribution in [3.05, 3.63) is 137 Å². The summed E-state index contributed by atoms with van der Waals surface area (Å²) in [4.78, 5) is 51.5. The molecule has 5 rings (SSSR count). The molecule has 5 aromatic rings. The van der Waals surface area contributed by atoms with E-state index in [9.17, 15) is 29.4 Å². The molecule has 2 N–H and O–H groups in total. The second kappa shape index (κ2) is 16.5. The number of carboxylic acids is 2. The lowest BCUT2D eigenvalue weighted by molar-refractivity contribution is -0.151. The predicted molar refractivity (Wildman–Crippen MR) is 186 cm³/mol. The molecule has 4 aromatic carbocycles. The number of methoxy groups -OCH3 is 1. The number of ether oxygens (including phenoxy) is 2. The molecule has 10 heteroatoms. The first-order valence-electron chi connectivity index (χ1n) is 16.3. The van der Waals surface area contributed by atoms with Crippen molar-refractivity contribution < 1.29 is 43.3 Å². The minimum atomic E-state index is -1.40. The standard InChI is InChI=1S/C40H39NO9/c1-26(41(37(42)21-32(39(45)46)22-38(43)44)24-27-12-13-28-8-6-7-9-31(28)20-27)36(29-14-16-30(17-15-29)40(47)48-2)23-34-18-19-35(50-34)25-49-33-10-4-3-5-11-33/h3-20,26,32,36H,21-25H2,1-2H3,(H,43,44)(H,45,46). The van der Waals surface area contributed by atoms with E-state index in [1.54, 1.807) is 29.2 Å². The molecule has 0 aliphatic carbocycles. The Bertz CT molecular complexity index is 1930. The maximum atomic E-state index is 14.1. The van der Waals surface area contributed by atoms with E-state index in [0.717, 1.165) is 21.9 Å². The Morgan fingerprint density at radius 1 is 0.780 bits per heavy atom. The van der Waals surface area contributed by atoms with Gasteiger partial charge in [0.2, 0.25) is 5.91 Å². The average Bonchev–Trinajstić information content (AvgIpc) is 3.58. The summed E-state index contributed by atoms with van der Waals surface area (Å²) in [5.41, 5.74) is 2.00. The highest BCUT2D eigenvalue weighted by atomic mass is 16.5. The zero-order valence-electron chi connectivity index (χ0n) is 27.9. The largest absolute Gasteiger partial charge is 0.486 e. The summed E-state index contributed by atoms with van der Waals surface area (Å²) in [5, 5.41) is 21.2. The second-order valence-electron chi connectivity index (χ2n) is 12.2. The topological polar surface area (TPSA) is 144 Å². The van der Waals surface area contributed by atoms with Gasteiger partial charge in [0.25, 0.3) is 0 Å². The number of hydrogen-bond donors (Lipinski definition) is 2. The van der Waals surface area contributed by atoms with Crippen molar-refractivity contribution in [2.45, 2.75) is 51.3 Å². The number of carboxylic acid groups (broad SMARTS) is 2. The van der Waals surface area contributed by atoms with Gasteiger partial charge in [0.05, 0.1) is 25.0 Å². The molecule has 0 aliphatic heterocycles. The van der Waals surface area contributed by atoms with Crippen molar-refractivity contribution in [2.24, 2.45) is 5.92 Å². The number of carbonyl (C=O) groups is 4. The van der Waals surface area contributed by atoms with E-state index in [2.05, 4.69) is 0 Å². The molecule has 0 bridgehead atoms. The smallest absolute Gasteiger partial charge is 0.337 e. The van der Waals surface area contributed by atoms with Gasteiger partial charge in [-0.25, -0.2) is 4.79 Å². The van der Waals surface area contributed by atoms with Crippen LogP contribution >= 0.6 is 0 Å². The number of carbonyl (C=O) groups excluding carboxylic acids is 2. The zero-order chi connectivity index (χ0) is 35.6. The molecule has 3 unspecified atom stereocenters. The maximum Gasteiger partial charge on any atom is 0.337 e. The van der Waals surface area contributed by atoms with Crippen molar-refractivity contribution in [1.82, 2.24) is 4.90 Å². The molecule has 0 aliphatic rings. The van der Waals surface area contributed by atoms with Crippen LogP contribution in [-0.2, 0) is 38.7 Å². The van der Waals surface area contributed by atoms with Crippen LogP contribution in [0.4, 0.5) is 0 Å². The summed E-state index contributed by atoms with van der Waals surface area (Å²) in [6, 6.07) is 33.2. The van der Waals surface area contributed by atoms with Crippen LogP contribution in [0.15, 0.2) is 114 Å². The summed E-state index contributed by atoms with van der Waals surface area (Å²) in [7, 11) is 1.31. The van der Waals surface area contributed by atoms with Crippen molar-refractivity contribution in [3.8, 4) is 5.75 Å². The molecule has 0 fully saturated rings. The molecule has 0 radical (unpaired) electrons. The van der Waals surface area contributed by atoms with Crippen LogP contribution in [0.1, 0.15) is 58.7 Å². The summed E-state index contributed by atoms with van der Waals surface area (Å²) in [6.07, 6.45) is -0.823. The quantitative estimate of drug-likeness (QED) is 0.104. The van der Waals surface area contributed by atoms with Gasteiger partial charge in [-0.1, -0.05) is 66.7 Å². The van der Waals surface area contributed by atoms with Crippen molar-refractivity contribution in [3.63, 3.8) is 0 Å². The molecule has 0 saturated carbocycles. The van der Waals surface area contributed by atoms with E-state index in [1.165, 1.54) is 7.11 Å². The highest BCUT2D eigenvalue weighted by molar-refractivity contribution is 5.89. The fourth-order valence-corrected chi connectivity index (χ4v) is 6.04. The fraction of sp³-hybridized carbons (Fsp3) is 0.250. The predicted octanol–water partition coefficient (Wildman–Crippen LogP) is 7.11. The molecular weight excluding hydrogens is 638 g/mol. The Balaban J connectivity index is 1.49. The molecule has 258 valence electrons. The maximum absolute atomic E-state index is 14.1. The molecule has 1 amide bonds. The van der Waals surface area contributed by atoms with Gasteiger partial charge in [-0.05, 0) is 71.3 Å². The molecule has 10 nitrogen and oxygen atoms in total. The summed E-state index contributed by atoms with van der Waals surface area (Å²) >= 11 is 0. The minimum Gasteiger partial charge on any atom is -0.486 e. The first-order valence-corrected chi connectivity index (χ1v) is 16.3. The summed E-state index contributed by atoms with van der Waals surface area (Å²) < 4.78 is 16.9. The lowest BCUT2D eigenvalue weighted by Crippen LogP contribution is -2.43. The SMILES string of the molecule is COC(=O)c1ccc(C(Cc2ccc(COc3ccccc3)o2)C(C)N(Cc2ccc3ccccc3c2)C(=O)CC(CC(=O)O)C(=O)O)cc1. The highest BCUT2D eigenvalue weighted by Crippen LogP contribution is 2.32. The number of para-hydroxylation sites is 1. The Hall–Kier alpha value is -5.90. The zero-order valence-corrected chi connectivity index (χ0v) is 27.9. The van der Waals surface area contributed by atoms with E-state index in [4.69, 9.17) is 13.9 Å². The van der Waals surface area contributed by atoms with E-state index < -0.39 is 48.6 Å². The normalized spacial score (nSPS) is 12.8. The number of fused-ring (bicyclic) bond motifs is 1. The van der Waals surface area contributed by atoms with E-state index in [-0.39, 0.29) is 19.1 Å². The number of esters is 1. The van der Waals surface area contributed by atoms with Gasteiger partial charge in [-0.3, -0.25) is 14.4 Å². The highest BCUT2D eigenvalue weighted by Gasteiger charge is 2.33. The van der Waals surface area contributed by atoms with Gasteiger partial charge in [0.15, 0.2) is 0 Å². The monoisotopic (exact) mass is 677 g/mol. The van der Waals surface area contributed by atoms with Gasteiger partial charge >= 0.3 is 17.9 Å². The third-order valence-electron chi connectivity index (χ3n) is 8.77. The van der Waals surface area contributed by atoms with E-state index in [1.807, 2.05) is 91.9 Å². The van der Waals surface area contributed by atoms with Gasteiger partial charge in [-0.15, -0.1) is 0 Å². The lowest BCUT2D eigenvalue weighted by atomic mass is 9.86. The fourth-order valence-electron chi connectivity index (χ4n) is 6.04. The lowest BCUT2D eigenvalue weighted by Gasteiger charge is -2.36. The number of amides is 1. The van der Waals surface area contributed by atoms with Crippen LogP contribution in [-0.4, -0.2) is 52.1 Å². The number of nitrogens with zero attached hydrogens (tertiary/aromatic N) is 1. The number of hydrogen-bond acceptors (Lipinski definition) is 7. The van der Waals surface area contributed by atoms with Gasteiger partial charge in [0, 0.05) is 31.3 Å². The van der Waals surface area contributed by atoms with Crippen LogP contribution in [0.3, 0.4) is 0 Å². The van der Waals surface area contributed by atoms with Crippen molar-refractivity contribution >= 4 is 34.6 Å². The Morgan fingerprint density at radius 2 is 1.46 bits per heavy atom. The first kappa shape index (κ1) is 35.4. The number of benzene rings is 4. The van der Waals surface area contributed by atoms with E-state index in [0.29, 0.717) is 29.3 Å². The molecule has 1 heterocycles.